The van der Waals surface area contributed by atoms with Gasteiger partial charge >= 0.3 is 5.97 Å². The van der Waals surface area contributed by atoms with E-state index in [0.717, 1.165) is 4.88 Å². The molecule has 0 aliphatic carbocycles. The smallest absolute Gasteiger partial charge is 0.340 e. The second-order valence-electron chi connectivity index (χ2n) is 3.49. The van der Waals surface area contributed by atoms with E-state index < -0.39 is 5.97 Å². The van der Waals surface area contributed by atoms with Crippen LogP contribution in [0.4, 0.5) is 5.00 Å². The molecule has 98 valence electrons. The maximum atomic E-state index is 11.7. The number of methoxy groups -OCH3 is 1. The molecule has 0 unspecified atom stereocenters. The SMILES string of the molecule is COC(=O)c1ccsc1NC(=O)C=Cc1cccs1. The lowest BCUT2D eigenvalue weighted by Crippen LogP contribution is -2.10. The lowest BCUT2D eigenvalue weighted by Gasteiger charge is -2.02. The van der Waals surface area contributed by atoms with Crippen LogP contribution in [0.25, 0.3) is 6.08 Å². The first-order valence-electron chi connectivity index (χ1n) is 5.39. The Hall–Kier alpha value is -1.92. The predicted molar refractivity (Wildman–Crippen MR) is 77.6 cm³/mol. The number of rotatable bonds is 4. The number of nitrogens with one attached hydrogen (secondary N) is 1. The Morgan fingerprint density at radius 2 is 2.11 bits per heavy atom. The highest BCUT2D eigenvalue weighted by molar-refractivity contribution is 7.14. The van der Waals surface area contributed by atoms with Gasteiger partial charge in [0.15, 0.2) is 0 Å². The van der Waals surface area contributed by atoms with Gasteiger partial charge in [0.2, 0.25) is 5.91 Å². The normalized spacial score (nSPS) is 10.6. The lowest BCUT2D eigenvalue weighted by molar-refractivity contribution is -0.111. The largest absolute Gasteiger partial charge is 0.465 e. The molecule has 2 aromatic heterocycles. The van der Waals surface area contributed by atoms with Crippen LogP contribution < -0.4 is 5.32 Å². The van der Waals surface area contributed by atoms with Crippen LogP contribution in [-0.4, -0.2) is 19.0 Å². The molecule has 1 amide bonds. The number of ether oxygens (including phenoxy) is 1. The molecule has 0 aliphatic rings. The average molecular weight is 293 g/mol. The van der Waals surface area contributed by atoms with Crippen LogP contribution >= 0.6 is 22.7 Å². The van der Waals surface area contributed by atoms with Gasteiger partial charge in [-0.3, -0.25) is 4.79 Å². The number of carbonyl (C=O) groups is 2. The zero-order valence-electron chi connectivity index (χ0n) is 10.1. The minimum absolute atomic E-state index is 0.277. The zero-order chi connectivity index (χ0) is 13.7. The van der Waals surface area contributed by atoms with Crippen LogP contribution in [0.15, 0.2) is 35.0 Å². The van der Waals surface area contributed by atoms with Crippen LogP contribution in [0.1, 0.15) is 15.2 Å². The molecule has 19 heavy (non-hydrogen) atoms. The number of thiophene rings is 2. The molecule has 0 aliphatic heterocycles. The minimum atomic E-state index is -0.459. The van der Waals surface area contributed by atoms with Gasteiger partial charge in [0.25, 0.3) is 0 Å². The fraction of sp³-hybridized carbons (Fsp3) is 0.0769. The van der Waals surface area contributed by atoms with E-state index in [2.05, 4.69) is 10.1 Å². The van der Waals surface area contributed by atoms with E-state index in [9.17, 15) is 9.59 Å². The third kappa shape index (κ3) is 3.52. The highest BCUT2D eigenvalue weighted by Gasteiger charge is 2.14. The summed E-state index contributed by atoms with van der Waals surface area (Å²) in [4.78, 5) is 24.2. The van der Waals surface area contributed by atoms with Crippen LogP contribution in [0, 0.1) is 0 Å². The summed E-state index contributed by atoms with van der Waals surface area (Å²) in [7, 11) is 1.31. The van der Waals surface area contributed by atoms with Gasteiger partial charge in [0, 0.05) is 11.0 Å². The monoisotopic (exact) mass is 293 g/mol. The Kier molecular flexibility index (Phi) is 4.48. The summed E-state index contributed by atoms with van der Waals surface area (Å²) in [5, 5.41) is 6.82. The number of carbonyl (C=O) groups excluding carboxylic acids is 2. The van der Waals surface area contributed by atoms with Gasteiger partial charge in [-0.1, -0.05) is 6.07 Å². The first-order valence-corrected chi connectivity index (χ1v) is 7.15. The van der Waals surface area contributed by atoms with Crippen molar-refractivity contribution in [2.45, 2.75) is 0 Å². The van der Waals surface area contributed by atoms with Crippen LogP contribution in [0.2, 0.25) is 0 Å². The molecule has 2 aromatic rings. The Balaban J connectivity index is 2.03. The van der Waals surface area contributed by atoms with Gasteiger partial charge in [-0.2, -0.15) is 0 Å². The van der Waals surface area contributed by atoms with Crippen LogP contribution in [-0.2, 0) is 9.53 Å². The van der Waals surface area contributed by atoms with E-state index in [0.29, 0.717) is 10.6 Å². The molecule has 0 atom stereocenters. The highest BCUT2D eigenvalue weighted by atomic mass is 32.1. The van der Waals surface area contributed by atoms with E-state index in [4.69, 9.17) is 0 Å². The van der Waals surface area contributed by atoms with E-state index in [1.807, 2.05) is 17.5 Å². The van der Waals surface area contributed by atoms with Gasteiger partial charge < -0.3 is 10.1 Å². The molecular weight excluding hydrogens is 282 g/mol. The topological polar surface area (TPSA) is 55.4 Å². The Morgan fingerprint density at radius 3 is 2.79 bits per heavy atom. The summed E-state index contributed by atoms with van der Waals surface area (Å²) >= 11 is 2.83. The minimum Gasteiger partial charge on any atom is -0.465 e. The number of anilines is 1. The van der Waals surface area contributed by atoms with E-state index in [-0.39, 0.29) is 5.91 Å². The quantitative estimate of drug-likeness (QED) is 0.695. The molecule has 0 aromatic carbocycles. The number of hydrogen-bond donors (Lipinski definition) is 1. The fourth-order valence-corrected chi connectivity index (χ4v) is 2.77. The molecule has 0 bridgehead atoms. The molecule has 0 saturated carbocycles. The number of esters is 1. The summed E-state index contributed by atoms with van der Waals surface area (Å²) < 4.78 is 4.64. The maximum Gasteiger partial charge on any atom is 0.340 e. The summed E-state index contributed by atoms with van der Waals surface area (Å²) in [6, 6.07) is 5.45. The van der Waals surface area contributed by atoms with Crippen LogP contribution in [0.5, 0.6) is 0 Å². The van der Waals surface area contributed by atoms with Crippen molar-refractivity contribution in [1.82, 2.24) is 0 Å². The molecule has 2 heterocycles. The van der Waals surface area contributed by atoms with Crippen molar-refractivity contribution in [1.29, 1.82) is 0 Å². The van der Waals surface area contributed by atoms with Crippen LogP contribution in [0.3, 0.4) is 0 Å². The molecule has 1 N–H and O–H groups in total. The summed E-state index contributed by atoms with van der Waals surface area (Å²) in [5.41, 5.74) is 0.366. The van der Waals surface area contributed by atoms with E-state index >= 15 is 0 Å². The van der Waals surface area contributed by atoms with Gasteiger partial charge in [0.05, 0.1) is 12.7 Å². The van der Waals surface area contributed by atoms with E-state index in [1.165, 1.54) is 24.5 Å². The molecule has 0 radical (unpaired) electrons. The Labute approximate surface area is 118 Å². The standard InChI is InChI=1S/C13H11NO3S2/c1-17-13(16)10-6-8-19-12(10)14-11(15)5-4-9-3-2-7-18-9/h2-8H,1H3,(H,14,15). The van der Waals surface area contributed by atoms with Crippen molar-refractivity contribution in [3.05, 3.63) is 45.5 Å². The summed E-state index contributed by atoms with van der Waals surface area (Å²) in [6.45, 7) is 0. The number of hydrogen-bond acceptors (Lipinski definition) is 5. The summed E-state index contributed by atoms with van der Waals surface area (Å²) in [5.74, 6) is -0.736. The highest BCUT2D eigenvalue weighted by Crippen LogP contribution is 2.24. The first kappa shape index (κ1) is 13.5. The third-order valence-electron chi connectivity index (χ3n) is 2.25. The van der Waals surface area contributed by atoms with Crippen molar-refractivity contribution in [2.75, 3.05) is 12.4 Å². The van der Waals surface area contributed by atoms with Crippen molar-refractivity contribution >= 4 is 45.6 Å². The van der Waals surface area contributed by atoms with Gasteiger partial charge in [-0.25, -0.2) is 4.79 Å². The van der Waals surface area contributed by atoms with Crippen molar-refractivity contribution in [3.8, 4) is 0 Å². The average Bonchev–Trinajstić information content (AvgIpc) is 3.06. The third-order valence-corrected chi connectivity index (χ3v) is 3.92. The van der Waals surface area contributed by atoms with Gasteiger partial charge in [-0.15, -0.1) is 22.7 Å². The van der Waals surface area contributed by atoms with Crippen molar-refractivity contribution in [2.24, 2.45) is 0 Å². The first-order chi connectivity index (χ1) is 9.20. The van der Waals surface area contributed by atoms with Crippen molar-refractivity contribution in [3.63, 3.8) is 0 Å². The van der Waals surface area contributed by atoms with Gasteiger partial charge in [0.1, 0.15) is 5.00 Å². The second-order valence-corrected chi connectivity index (χ2v) is 5.39. The fourth-order valence-electron chi connectivity index (χ4n) is 1.37. The molecule has 0 fully saturated rings. The van der Waals surface area contributed by atoms with E-state index in [1.54, 1.807) is 28.9 Å². The second kappa shape index (κ2) is 6.31. The summed E-state index contributed by atoms with van der Waals surface area (Å²) in [6.07, 6.45) is 3.16. The molecule has 4 nitrogen and oxygen atoms in total. The molecule has 0 spiro atoms. The molecular formula is C13H11NO3S2. The zero-order valence-corrected chi connectivity index (χ0v) is 11.7. The molecule has 2 rings (SSSR count). The van der Waals surface area contributed by atoms with Gasteiger partial charge in [-0.05, 0) is 29.0 Å². The molecule has 6 heteroatoms. The lowest BCUT2D eigenvalue weighted by atomic mass is 10.3. The Morgan fingerprint density at radius 1 is 1.26 bits per heavy atom. The maximum absolute atomic E-state index is 11.7. The predicted octanol–water partition coefficient (Wildman–Crippen LogP) is 3.25. The Bertz CT molecular complexity index is 599. The van der Waals surface area contributed by atoms with Crippen molar-refractivity contribution < 1.29 is 14.3 Å². The molecule has 0 saturated heterocycles. The number of amides is 1.